The van der Waals surface area contributed by atoms with Crippen molar-refractivity contribution in [3.63, 3.8) is 0 Å². The van der Waals surface area contributed by atoms with Crippen LogP contribution < -0.4 is 10.6 Å². The lowest BCUT2D eigenvalue weighted by atomic mass is 9.49. The normalized spacial score (nSPS) is 37.0. The van der Waals surface area contributed by atoms with Gasteiger partial charge in [-0.05, 0) is 94.4 Å². The van der Waals surface area contributed by atoms with Crippen molar-refractivity contribution in [3.8, 4) is 0 Å². The van der Waals surface area contributed by atoms with Crippen LogP contribution >= 0.6 is 0 Å². The lowest BCUT2D eigenvalue weighted by Crippen LogP contribution is -2.48. The van der Waals surface area contributed by atoms with Gasteiger partial charge in [0.15, 0.2) is 0 Å². The van der Waals surface area contributed by atoms with Crippen molar-refractivity contribution in [1.29, 1.82) is 0 Å². The summed E-state index contributed by atoms with van der Waals surface area (Å²) in [4.78, 5) is 27.1. The van der Waals surface area contributed by atoms with Crippen molar-refractivity contribution in [3.05, 3.63) is 0 Å². The Balaban J connectivity index is 1.11. The Labute approximate surface area is 170 Å². The van der Waals surface area contributed by atoms with E-state index >= 15 is 0 Å². The largest absolute Gasteiger partial charge is 0.355 e. The molecular weight excluding hydrogens is 350 g/mol. The van der Waals surface area contributed by atoms with Crippen molar-refractivity contribution in [2.75, 3.05) is 26.2 Å². The van der Waals surface area contributed by atoms with Crippen LogP contribution in [0.15, 0.2) is 0 Å². The summed E-state index contributed by atoms with van der Waals surface area (Å²) >= 11 is 0. The van der Waals surface area contributed by atoms with Gasteiger partial charge in [-0.15, -0.1) is 0 Å². The fraction of sp³-hybridized carbons (Fsp3) is 0.913. The number of nitrogens with zero attached hydrogens (tertiary/aromatic N) is 1. The molecule has 1 heterocycles. The Morgan fingerprint density at radius 3 is 2.29 bits per heavy atom. The zero-order valence-corrected chi connectivity index (χ0v) is 17.7. The minimum atomic E-state index is -0.0504. The molecule has 0 aromatic rings. The van der Waals surface area contributed by atoms with Gasteiger partial charge in [0, 0.05) is 25.6 Å². The highest BCUT2D eigenvalue weighted by Gasteiger charge is 2.51. The van der Waals surface area contributed by atoms with Crippen LogP contribution in [-0.4, -0.2) is 48.9 Å². The number of nitrogens with one attached hydrogen (secondary N) is 2. The number of hydrogen-bond donors (Lipinski definition) is 2. The zero-order valence-electron chi connectivity index (χ0n) is 17.7. The highest BCUT2D eigenvalue weighted by Crippen LogP contribution is 2.61. The van der Waals surface area contributed by atoms with Gasteiger partial charge in [0.25, 0.3) is 0 Å². The summed E-state index contributed by atoms with van der Waals surface area (Å²) in [5.41, 5.74) is 0.250. The summed E-state index contributed by atoms with van der Waals surface area (Å²) < 4.78 is 0. The molecule has 1 atom stereocenters. The van der Waals surface area contributed by atoms with E-state index in [1.807, 2.05) is 0 Å². The van der Waals surface area contributed by atoms with E-state index in [2.05, 4.69) is 22.5 Å². The average molecular weight is 390 g/mol. The summed E-state index contributed by atoms with van der Waals surface area (Å²) in [6, 6.07) is 0.674. The van der Waals surface area contributed by atoms with Gasteiger partial charge in [-0.25, -0.2) is 0 Å². The standard InChI is InChI=1S/C23H39N3O2/c1-17-5-2-3-7-26(17)8-4-6-24-22(28)16-25-21(27)15-23-12-18-9-19(13-23)11-20(10-18)14-23/h17-20H,2-16H2,1H3,(H,24,28)(H,25,27). The highest BCUT2D eigenvalue weighted by molar-refractivity contribution is 5.84. The topological polar surface area (TPSA) is 61.4 Å². The molecule has 4 bridgehead atoms. The molecule has 2 amide bonds. The van der Waals surface area contributed by atoms with Crippen LogP contribution in [0, 0.1) is 23.2 Å². The molecular formula is C23H39N3O2. The number of carbonyl (C=O) groups excluding carboxylic acids is 2. The molecule has 5 nitrogen and oxygen atoms in total. The molecule has 158 valence electrons. The molecule has 0 radical (unpaired) electrons. The molecule has 5 fully saturated rings. The minimum absolute atomic E-state index is 0.0504. The maximum atomic E-state index is 12.5. The fourth-order valence-corrected chi connectivity index (χ4v) is 7.15. The van der Waals surface area contributed by atoms with Crippen molar-refractivity contribution in [1.82, 2.24) is 15.5 Å². The number of likely N-dealkylation sites (tertiary alicyclic amines) is 1. The van der Waals surface area contributed by atoms with E-state index < -0.39 is 0 Å². The van der Waals surface area contributed by atoms with E-state index in [4.69, 9.17) is 0 Å². The third kappa shape index (κ3) is 4.90. The predicted octanol–water partition coefficient (Wildman–Crippen LogP) is 3.09. The van der Waals surface area contributed by atoms with Crippen LogP contribution in [0.5, 0.6) is 0 Å². The molecule has 0 aromatic heterocycles. The molecule has 5 heteroatoms. The molecule has 1 unspecified atom stereocenters. The van der Waals surface area contributed by atoms with E-state index in [-0.39, 0.29) is 23.8 Å². The Bertz CT molecular complexity index is 541. The van der Waals surface area contributed by atoms with Crippen LogP contribution in [0.3, 0.4) is 0 Å². The molecule has 4 aliphatic carbocycles. The summed E-state index contributed by atoms with van der Waals surface area (Å²) in [5, 5.41) is 5.86. The molecule has 28 heavy (non-hydrogen) atoms. The van der Waals surface area contributed by atoms with Crippen LogP contribution in [0.2, 0.25) is 0 Å². The Morgan fingerprint density at radius 2 is 1.64 bits per heavy atom. The van der Waals surface area contributed by atoms with Crippen molar-refractivity contribution >= 4 is 11.8 Å². The molecule has 5 aliphatic rings. The molecule has 4 saturated carbocycles. The van der Waals surface area contributed by atoms with Crippen molar-refractivity contribution in [2.24, 2.45) is 23.2 Å². The van der Waals surface area contributed by atoms with Gasteiger partial charge in [-0.1, -0.05) is 6.42 Å². The Hall–Kier alpha value is -1.10. The molecule has 0 aromatic carbocycles. The van der Waals surface area contributed by atoms with Gasteiger partial charge in [0.2, 0.25) is 11.8 Å². The van der Waals surface area contributed by atoms with Crippen LogP contribution in [0.4, 0.5) is 0 Å². The number of piperidine rings is 1. The minimum Gasteiger partial charge on any atom is -0.355 e. The van der Waals surface area contributed by atoms with Gasteiger partial charge in [0.1, 0.15) is 0 Å². The second-order valence-electron chi connectivity index (χ2n) is 10.5. The van der Waals surface area contributed by atoms with Crippen molar-refractivity contribution < 1.29 is 9.59 Å². The fourth-order valence-electron chi connectivity index (χ4n) is 7.15. The second kappa shape index (κ2) is 8.73. The Morgan fingerprint density at radius 1 is 0.964 bits per heavy atom. The predicted molar refractivity (Wildman–Crippen MR) is 111 cm³/mol. The zero-order chi connectivity index (χ0) is 19.6. The summed E-state index contributed by atoms with van der Waals surface area (Å²) in [7, 11) is 0. The van der Waals surface area contributed by atoms with E-state index in [1.165, 1.54) is 64.3 Å². The number of amides is 2. The van der Waals surface area contributed by atoms with Crippen LogP contribution in [-0.2, 0) is 9.59 Å². The van der Waals surface area contributed by atoms with E-state index in [1.54, 1.807) is 0 Å². The SMILES string of the molecule is CC1CCCCN1CCCNC(=O)CNC(=O)CC12CC3CC(CC(C3)C1)C2. The van der Waals surface area contributed by atoms with Crippen LogP contribution in [0.25, 0.3) is 0 Å². The van der Waals surface area contributed by atoms with Crippen LogP contribution in [0.1, 0.15) is 77.6 Å². The summed E-state index contributed by atoms with van der Waals surface area (Å²) in [6.07, 6.45) is 13.5. The van der Waals surface area contributed by atoms with Gasteiger partial charge >= 0.3 is 0 Å². The third-order valence-corrected chi connectivity index (χ3v) is 8.03. The lowest BCUT2D eigenvalue weighted by molar-refractivity contribution is -0.131. The third-order valence-electron chi connectivity index (χ3n) is 8.03. The van der Waals surface area contributed by atoms with Gasteiger partial charge < -0.3 is 15.5 Å². The highest BCUT2D eigenvalue weighted by atomic mass is 16.2. The number of hydrogen-bond acceptors (Lipinski definition) is 3. The summed E-state index contributed by atoms with van der Waals surface area (Å²) in [5.74, 6) is 2.63. The Kier molecular flexibility index (Phi) is 6.29. The summed E-state index contributed by atoms with van der Waals surface area (Å²) in [6.45, 7) is 5.38. The average Bonchev–Trinajstić information content (AvgIpc) is 2.63. The quantitative estimate of drug-likeness (QED) is 0.627. The first-order valence-corrected chi connectivity index (χ1v) is 11.8. The first-order chi connectivity index (χ1) is 13.5. The first-order valence-electron chi connectivity index (χ1n) is 11.8. The number of rotatable bonds is 8. The monoisotopic (exact) mass is 389 g/mol. The van der Waals surface area contributed by atoms with Gasteiger partial charge in [0.05, 0.1) is 6.54 Å². The molecule has 1 aliphatic heterocycles. The van der Waals surface area contributed by atoms with Crippen molar-refractivity contribution in [2.45, 2.75) is 83.6 Å². The maximum Gasteiger partial charge on any atom is 0.239 e. The van der Waals surface area contributed by atoms with E-state index in [0.29, 0.717) is 19.0 Å². The maximum absolute atomic E-state index is 12.5. The smallest absolute Gasteiger partial charge is 0.239 e. The molecule has 2 N–H and O–H groups in total. The van der Waals surface area contributed by atoms with E-state index in [9.17, 15) is 9.59 Å². The van der Waals surface area contributed by atoms with Gasteiger partial charge in [-0.2, -0.15) is 0 Å². The molecule has 5 rings (SSSR count). The number of carbonyl (C=O) groups is 2. The molecule has 1 saturated heterocycles. The molecule has 0 spiro atoms. The lowest BCUT2D eigenvalue weighted by Gasteiger charge is -2.56. The van der Waals surface area contributed by atoms with E-state index in [0.717, 1.165) is 30.7 Å². The van der Waals surface area contributed by atoms with Gasteiger partial charge in [-0.3, -0.25) is 9.59 Å². The first kappa shape index (κ1) is 20.2. The second-order valence-corrected chi connectivity index (χ2v) is 10.5.